The molecule has 3 aromatic rings. The van der Waals surface area contributed by atoms with Gasteiger partial charge >= 0.3 is 0 Å². The summed E-state index contributed by atoms with van der Waals surface area (Å²) < 4.78 is 1.06. The number of aliphatic hydroxyl groups excluding tert-OH is 3. The van der Waals surface area contributed by atoms with Gasteiger partial charge in [0, 0.05) is 31.2 Å². The van der Waals surface area contributed by atoms with Gasteiger partial charge in [0.15, 0.2) is 0 Å². The van der Waals surface area contributed by atoms with Crippen molar-refractivity contribution in [1.82, 2.24) is 19.9 Å². The fourth-order valence-electron chi connectivity index (χ4n) is 4.80. The van der Waals surface area contributed by atoms with Crippen molar-refractivity contribution >= 4 is 33.3 Å². The molecule has 180 valence electrons. The van der Waals surface area contributed by atoms with Crippen LogP contribution >= 0.6 is 11.3 Å². The summed E-state index contributed by atoms with van der Waals surface area (Å²) in [7, 11) is 0. The van der Waals surface area contributed by atoms with Gasteiger partial charge in [-0.3, -0.25) is 4.98 Å². The average molecular weight is 483 g/mol. The Bertz CT molecular complexity index is 1210. The molecular formula is C24H30N6O3S. The molecule has 5 N–H and O–H groups in total. The first kappa shape index (κ1) is 22.1. The second kappa shape index (κ2) is 8.67. The topological polar surface area (TPSA) is 136 Å². The Morgan fingerprint density at radius 1 is 1.09 bits per heavy atom. The minimum absolute atomic E-state index is 0.168. The first-order valence-corrected chi connectivity index (χ1v) is 12.9. The van der Waals surface area contributed by atoms with Crippen LogP contribution in [-0.2, 0) is 0 Å². The predicted molar refractivity (Wildman–Crippen MR) is 131 cm³/mol. The lowest BCUT2D eigenvalue weighted by molar-refractivity contribution is 0.00446. The number of nitrogens with zero attached hydrogens (tertiary/aromatic N) is 4. The molecular weight excluding hydrogens is 452 g/mol. The number of hydrogen-bond donors (Lipinski definition) is 5. The molecule has 3 aliphatic carbocycles. The summed E-state index contributed by atoms with van der Waals surface area (Å²) in [6.45, 7) is 2.64. The number of aryl methyl sites for hydroxylation is 1. The fourth-order valence-corrected chi connectivity index (χ4v) is 5.86. The van der Waals surface area contributed by atoms with E-state index in [0.29, 0.717) is 30.0 Å². The summed E-state index contributed by atoms with van der Waals surface area (Å²) in [4.78, 5) is 19.1. The van der Waals surface area contributed by atoms with Gasteiger partial charge in [-0.2, -0.15) is 4.98 Å². The molecule has 3 aromatic heterocycles. The van der Waals surface area contributed by atoms with E-state index in [1.54, 1.807) is 17.5 Å². The number of thiazole rings is 1. The van der Waals surface area contributed by atoms with Gasteiger partial charge in [0.05, 0.1) is 33.8 Å². The Balaban J connectivity index is 1.44. The van der Waals surface area contributed by atoms with Crippen molar-refractivity contribution in [1.29, 1.82) is 0 Å². The molecule has 3 saturated carbocycles. The van der Waals surface area contributed by atoms with Crippen molar-refractivity contribution in [3.05, 3.63) is 23.7 Å². The Morgan fingerprint density at radius 3 is 2.59 bits per heavy atom. The molecule has 3 heterocycles. The van der Waals surface area contributed by atoms with E-state index in [9.17, 15) is 15.3 Å². The van der Waals surface area contributed by atoms with Gasteiger partial charge in [-0.1, -0.05) is 0 Å². The Kier molecular flexibility index (Phi) is 5.63. The molecule has 0 amide bonds. The number of aliphatic hydroxyl groups is 3. The molecule has 0 spiro atoms. The quantitative estimate of drug-likeness (QED) is 0.328. The summed E-state index contributed by atoms with van der Waals surface area (Å²) in [5, 5.41) is 38.3. The van der Waals surface area contributed by atoms with Gasteiger partial charge in [-0.05, 0) is 51.0 Å². The van der Waals surface area contributed by atoms with E-state index in [-0.39, 0.29) is 12.5 Å². The molecule has 0 aliphatic heterocycles. The van der Waals surface area contributed by atoms with E-state index in [1.165, 1.54) is 12.8 Å². The number of aromatic nitrogens is 4. The standard InChI is InChI=1S/C24H30N6O3S/c1-11-18-16(6-7-25-11)34-23(28-18)17-19(13-4-5-13)29-24(26-9-12-2-3-12)30-22(17)27-15-8-14(10-31)20(32)21(15)33/h6-7,12-15,20-21,31-33H,2-5,8-10H2,1H3,(H2,26,27,29,30)/t14-,15-,20-,21+/m1/s1. The van der Waals surface area contributed by atoms with E-state index in [2.05, 4.69) is 15.6 Å². The highest BCUT2D eigenvalue weighted by Gasteiger charge is 2.42. The zero-order valence-electron chi connectivity index (χ0n) is 19.1. The van der Waals surface area contributed by atoms with Crippen molar-refractivity contribution < 1.29 is 15.3 Å². The Hall–Kier alpha value is -2.40. The van der Waals surface area contributed by atoms with Crippen LogP contribution < -0.4 is 10.6 Å². The first-order chi connectivity index (χ1) is 16.5. The molecule has 6 rings (SSSR count). The molecule has 0 saturated heterocycles. The summed E-state index contributed by atoms with van der Waals surface area (Å²) >= 11 is 1.59. The monoisotopic (exact) mass is 482 g/mol. The van der Waals surface area contributed by atoms with Gasteiger partial charge in [-0.15, -0.1) is 11.3 Å². The van der Waals surface area contributed by atoms with E-state index in [4.69, 9.17) is 15.0 Å². The van der Waals surface area contributed by atoms with Crippen molar-refractivity contribution in [2.24, 2.45) is 11.8 Å². The zero-order chi connectivity index (χ0) is 23.4. The molecule has 34 heavy (non-hydrogen) atoms. The lowest BCUT2D eigenvalue weighted by Crippen LogP contribution is -2.35. The third-order valence-corrected chi connectivity index (χ3v) is 8.25. The van der Waals surface area contributed by atoms with E-state index in [0.717, 1.165) is 51.6 Å². The Labute approximate surface area is 201 Å². The second-order valence-electron chi connectivity index (χ2n) is 9.93. The summed E-state index contributed by atoms with van der Waals surface area (Å²) in [6.07, 6.45) is 4.91. The minimum Gasteiger partial charge on any atom is -0.396 e. The minimum atomic E-state index is -0.992. The van der Waals surface area contributed by atoms with E-state index < -0.39 is 18.2 Å². The van der Waals surface area contributed by atoms with Gasteiger partial charge in [0.2, 0.25) is 5.95 Å². The smallest absolute Gasteiger partial charge is 0.224 e. The molecule has 0 bridgehead atoms. The number of nitrogens with one attached hydrogen (secondary N) is 2. The van der Waals surface area contributed by atoms with Gasteiger partial charge in [-0.25, -0.2) is 9.97 Å². The van der Waals surface area contributed by atoms with E-state index >= 15 is 0 Å². The summed E-state index contributed by atoms with van der Waals surface area (Å²) in [5.74, 6) is 1.88. The highest BCUT2D eigenvalue weighted by Crippen LogP contribution is 2.48. The third kappa shape index (κ3) is 4.13. The van der Waals surface area contributed by atoms with Crippen LogP contribution in [0.3, 0.4) is 0 Å². The number of hydrogen-bond acceptors (Lipinski definition) is 10. The maximum atomic E-state index is 10.7. The van der Waals surface area contributed by atoms with Crippen LogP contribution in [0.2, 0.25) is 0 Å². The van der Waals surface area contributed by atoms with Crippen LogP contribution in [0.15, 0.2) is 12.3 Å². The maximum absolute atomic E-state index is 10.7. The number of fused-ring (bicyclic) bond motifs is 1. The van der Waals surface area contributed by atoms with E-state index in [1.807, 2.05) is 13.0 Å². The molecule has 0 unspecified atom stereocenters. The van der Waals surface area contributed by atoms with Gasteiger partial charge < -0.3 is 26.0 Å². The third-order valence-electron chi connectivity index (χ3n) is 7.21. The van der Waals surface area contributed by atoms with Crippen LogP contribution in [0, 0.1) is 18.8 Å². The maximum Gasteiger partial charge on any atom is 0.224 e. The largest absolute Gasteiger partial charge is 0.396 e. The van der Waals surface area contributed by atoms with Crippen molar-refractivity contribution in [3.63, 3.8) is 0 Å². The molecule has 3 fully saturated rings. The first-order valence-electron chi connectivity index (χ1n) is 12.1. The molecule has 4 atom stereocenters. The highest BCUT2D eigenvalue weighted by molar-refractivity contribution is 7.21. The lowest BCUT2D eigenvalue weighted by Gasteiger charge is -2.22. The van der Waals surface area contributed by atoms with Crippen LogP contribution in [0.25, 0.3) is 20.8 Å². The van der Waals surface area contributed by atoms with Crippen molar-refractivity contribution in [2.45, 2.75) is 63.2 Å². The van der Waals surface area contributed by atoms with Crippen molar-refractivity contribution in [2.75, 3.05) is 23.8 Å². The zero-order valence-corrected chi connectivity index (χ0v) is 19.9. The SMILES string of the molecule is Cc1nccc2sc(-c3c(N[C@@H]4C[C@H](CO)[C@@H](O)[C@H]4O)nc(NCC4CC4)nc3C3CC3)nc12. The molecule has 3 aliphatic rings. The highest BCUT2D eigenvalue weighted by atomic mass is 32.1. The fraction of sp³-hybridized carbons (Fsp3) is 0.583. The summed E-state index contributed by atoms with van der Waals surface area (Å²) in [5.41, 5.74) is 3.61. The molecule has 10 heteroatoms. The van der Waals surface area contributed by atoms with Crippen LogP contribution in [-0.4, -0.2) is 66.7 Å². The Morgan fingerprint density at radius 2 is 1.91 bits per heavy atom. The molecule has 0 aromatic carbocycles. The normalized spacial score (nSPS) is 26.8. The van der Waals surface area contributed by atoms with Crippen molar-refractivity contribution in [3.8, 4) is 10.6 Å². The average Bonchev–Trinajstić information content (AvgIpc) is 3.76. The second-order valence-corrected chi connectivity index (χ2v) is 11.0. The van der Waals surface area contributed by atoms with Crippen LogP contribution in [0.4, 0.5) is 11.8 Å². The molecule has 0 radical (unpaired) electrons. The van der Waals surface area contributed by atoms with Crippen LogP contribution in [0.5, 0.6) is 0 Å². The van der Waals surface area contributed by atoms with Gasteiger partial charge in [0.25, 0.3) is 0 Å². The number of pyridine rings is 1. The van der Waals surface area contributed by atoms with Crippen LogP contribution in [0.1, 0.15) is 49.4 Å². The lowest BCUT2D eigenvalue weighted by atomic mass is 10.1. The summed E-state index contributed by atoms with van der Waals surface area (Å²) in [6, 6.07) is 1.55. The number of rotatable bonds is 8. The number of anilines is 2. The predicted octanol–water partition coefficient (Wildman–Crippen LogP) is 2.67. The molecule has 9 nitrogen and oxygen atoms in total. The van der Waals surface area contributed by atoms with Gasteiger partial charge in [0.1, 0.15) is 22.4 Å².